The van der Waals surface area contributed by atoms with Crippen LogP contribution in [-0.4, -0.2) is 50.3 Å². The Morgan fingerprint density at radius 3 is 2.47 bits per heavy atom. The molecule has 0 N–H and O–H groups in total. The Kier molecular flexibility index (Phi) is 4.42. The highest BCUT2D eigenvalue weighted by Gasteiger charge is 2.32. The monoisotopic (exact) mass is 322 g/mol. The Hall–Kier alpha value is -0.330. The fraction of sp³-hybridized carbons (Fsp3) is 0.500. The van der Waals surface area contributed by atoms with Crippen molar-refractivity contribution < 1.29 is 8.42 Å². The van der Waals surface area contributed by atoms with Gasteiger partial charge in [0, 0.05) is 25.7 Å². The first kappa shape index (κ1) is 15.1. The summed E-state index contributed by atoms with van der Waals surface area (Å²) >= 11 is 11.7. The summed E-state index contributed by atoms with van der Waals surface area (Å²) in [5.74, 6) is 0. The summed E-state index contributed by atoms with van der Waals surface area (Å²) in [6, 6.07) is 4.36. The molecule has 1 aromatic carbocycles. The lowest BCUT2D eigenvalue weighted by Crippen LogP contribution is -2.52. The zero-order valence-electron chi connectivity index (χ0n) is 10.8. The summed E-state index contributed by atoms with van der Waals surface area (Å²) < 4.78 is 26.7. The van der Waals surface area contributed by atoms with E-state index in [1.54, 1.807) is 0 Å². The quantitative estimate of drug-likeness (QED) is 0.839. The number of hydrogen-bond donors (Lipinski definition) is 0. The largest absolute Gasteiger partial charge is 0.303 e. The molecule has 4 nitrogen and oxygen atoms in total. The second-order valence-electron chi connectivity index (χ2n) is 4.80. The van der Waals surface area contributed by atoms with E-state index in [0.29, 0.717) is 11.6 Å². The predicted octanol–water partition coefficient (Wildman–Crippen LogP) is 2.32. The number of piperazine rings is 1. The number of hydrogen-bond acceptors (Lipinski definition) is 3. The first-order valence-corrected chi connectivity index (χ1v) is 8.17. The van der Waals surface area contributed by atoms with Gasteiger partial charge < -0.3 is 4.90 Å². The molecule has 106 valence electrons. The SMILES string of the molecule is CC1CN(C)CCN1S(=O)(=O)c1ccc(Cl)c(Cl)c1. The van der Waals surface area contributed by atoms with Gasteiger partial charge in [-0.3, -0.25) is 0 Å². The maximum absolute atomic E-state index is 12.6. The topological polar surface area (TPSA) is 40.6 Å². The predicted molar refractivity (Wildman–Crippen MR) is 77.3 cm³/mol. The van der Waals surface area contributed by atoms with Gasteiger partial charge in [0.25, 0.3) is 0 Å². The fourth-order valence-electron chi connectivity index (χ4n) is 2.25. The van der Waals surface area contributed by atoms with Gasteiger partial charge in [-0.05, 0) is 32.2 Å². The Bertz CT molecular complexity index is 577. The molecule has 1 aliphatic rings. The van der Waals surface area contributed by atoms with Gasteiger partial charge in [-0.25, -0.2) is 8.42 Å². The highest BCUT2D eigenvalue weighted by atomic mass is 35.5. The van der Waals surface area contributed by atoms with E-state index in [1.807, 2.05) is 14.0 Å². The van der Waals surface area contributed by atoms with Crippen LogP contribution in [0, 0.1) is 0 Å². The van der Waals surface area contributed by atoms with Crippen LogP contribution in [0.15, 0.2) is 23.1 Å². The number of benzene rings is 1. The van der Waals surface area contributed by atoms with Crippen LogP contribution in [0.4, 0.5) is 0 Å². The standard InChI is InChI=1S/C12H16Cl2N2O2S/c1-9-8-15(2)5-6-16(9)19(17,18)10-3-4-11(13)12(14)7-10/h3-4,7,9H,5-6,8H2,1-2H3. The van der Waals surface area contributed by atoms with Gasteiger partial charge in [0.2, 0.25) is 10.0 Å². The summed E-state index contributed by atoms with van der Waals surface area (Å²) in [6.07, 6.45) is 0. The highest BCUT2D eigenvalue weighted by Crippen LogP contribution is 2.28. The lowest BCUT2D eigenvalue weighted by atomic mass is 10.2. The molecule has 0 saturated carbocycles. The van der Waals surface area contributed by atoms with Gasteiger partial charge in [-0.1, -0.05) is 23.2 Å². The van der Waals surface area contributed by atoms with Crippen LogP contribution < -0.4 is 0 Å². The summed E-state index contributed by atoms with van der Waals surface area (Å²) in [5.41, 5.74) is 0. The van der Waals surface area contributed by atoms with E-state index in [1.165, 1.54) is 22.5 Å². The van der Waals surface area contributed by atoms with Crippen LogP contribution in [0.1, 0.15) is 6.92 Å². The Balaban J connectivity index is 2.34. The van der Waals surface area contributed by atoms with Crippen molar-refractivity contribution in [2.24, 2.45) is 0 Å². The molecule has 19 heavy (non-hydrogen) atoms. The lowest BCUT2D eigenvalue weighted by molar-refractivity contribution is 0.170. The van der Waals surface area contributed by atoms with Crippen molar-refractivity contribution in [3.63, 3.8) is 0 Å². The Morgan fingerprint density at radius 1 is 1.21 bits per heavy atom. The molecule has 1 saturated heterocycles. The van der Waals surface area contributed by atoms with E-state index in [9.17, 15) is 8.42 Å². The normalized spacial score (nSPS) is 22.6. The molecule has 0 radical (unpaired) electrons. The molecule has 1 unspecified atom stereocenters. The number of sulfonamides is 1. The number of nitrogens with zero attached hydrogens (tertiary/aromatic N) is 2. The molecule has 0 aliphatic carbocycles. The van der Waals surface area contributed by atoms with Crippen LogP contribution in [0.25, 0.3) is 0 Å². The first-order valence-electron chi connectivity index (χ1n) is 5.98. The van der Waals surface area contributed by atoms with Gasteiger partial charge in [0.15, 0.2) is 0 Å². The maximum atomic E-state index is 12.6. The maximum Gasteiger partial charge on any atom is 0.243 e. The van der Waals surface area contributed by atoms with Gasteiger partial charge in [0.1, 0.15) is 0 Å². The Labute approximate surface area is 124 Å². The molecule has 0 bridgehead atoms. The minimum Gasteiger partial charge on any atom is -0.303 e. The number of halogens is 2. The summed E-state index contributed by atoms with van der Waals surface area (Å²) in [4.78, 5) is 2.31. The molecule has 7 heteroatoms. The van der Waals surface area contributed by atoms with E-state index in [0.717, 1.165) is 13.1 Å². The van der Waals surface area contributed by atoms with Gasteiger partial charge in [-0.15, -0.1) is 0 Å². The van der Waals surface area contributed by atoms with Crippen LogP contribution >= 0.6 is 23.2 Å². The van der Waals surface area contributed by atoms with Crippen molar-refractivity contribution in [2.45, 2.75) is 17.9 Å². The molecular weight excluding hydrogens is 307 g/mol. The van der Waals surface area contributed by atoms with Gasteiger partial charge in [-0.2, -0.15) is 4.31 Å². The van der Waals surface area contributed by atoms with E-state index in [-0.39, 0.29) is 16.0 Å². The second-order valence-corrected chi connectivity index (χ2v) is 7.51. The number of rotatable bonds is 2. The van der Waals surface area contributed by atoms with E-state index < -0.39 is 10.0 Å². The van der Waals surface area contributed by atoms with E-state index >= 15 is 0 Å². The van der Waals surface area contributed by atoms with Crippen LogP contribution in [0.3, 0.4) is 0 Å². The smallest absolute Gasteiger partial charge is 0.243 e. The average Bonchev–Trinajstić information content (AvgIpc) is 2.32. The van der Waals surface area contributed by atoms with E-state index in [2.05, 4.69) is 4.90 Å². The molecule has 1 aliphatic heterocycles. The number of likely N-dealkylation sites (N-methyl/N-ethyl adjacent to an activating group) is 1. The van der Waals surface area contributed by atoms with Crippen LogP contribution in [0.2, 0.25) is 10.0 Å². The fourth-order valence-corrected chi connectivity index (χ4v) is 4.26. The lowest BCUT2D eigenvalue weighted by Gasteiger charge is -2.37. The van der Waals surface area contributed by atoms with Crippen molar-refractivity contribution in [3.05, 3.63) is 28.2 Å². The average molecular weight is 323 g/mol. The van der Waals surface area contributed by atoms with E-state index in [4.69, 9.17) is 23.2 Å². The zero-order valence-corrected chi connectivity index (χ0v) is 13.1. The molecule has 1 atom stereocenters. The van der Waals surface area contributed by atoms with Crippen molar-refractivity contribution in [1.82, 2.24) is 9.21 Å². The third-order valence-electron chi connectivity index (χ3n) is 3.27. The molecule has 1 fully saturated rings. The van der Waals surface area contributed by atoms with Crippen molar-refractivity contribution in [1.29, 1.82) is 0 Å². The molecule has 0 amide bonds. The van der Waals surface area contributed by atoms with Crippen molar-refractivity contribution in [2.75, 3.05) is 26.7 Å². The van der Waals surface area contributed by atoms with Crippen molar-refractivity contribution in [3.8, 4) is 0 Å². The minimum absolute atomic E-state index is 0.0572. The minimum atomic E-state index is -3.51. The third kappa shape index (κ3) is 3.06. The molecule has 1 heterocycles. The van der Waals surface area contributed by atoms with Crippen LogP contribution in [-0.2, 0) is 10.0 Å². The highest BCUT2D eigenvalue weighted by molar-refractivity contribution is 7.89. The summed E-state index contributed by atoms with van der Waals surface area (Å²) in [5, 5.41) is 0.608. The molecular formula is C12H16Cl2N2O2S. The molecule has 2 rings (SSSR count). The molecule has 0 spiro atoms. The molecule has 1 aromatic rings. The third-order valence-corrected chi connectivity index (χ3v) is 6.02. The van der Waals surface area contributed by atoms with Gasteiger partial charge in [0.05, 0.1) is 14.9 Å². The van der Waals surface area contributed by atoms with Crippen LogP contribution in [0.5, 0.6) is 0 Å². The van der Waals surface area contributed by atoms with Crippen molar-refractivity contribution >= 4 is 33.2 Å². The summed E-state index contributed by atoms with van der Waals surface area (Å²) in [7, 11) is -1.52. The van der Waals surface area contributed by atoms with Gasteiger partial charge >= 0.3 is 0 Å². The summed E-state index contributed by atoms with van der Waals surface area (Å²) in [6.45, 7) is 3.84. The second kappa shape index (κ2) is 5.58. The Morgan fingerprint density at radius 2 is 1.89 bits per heavy atom. The molecule has 0 aromatic heterocycles. The first-order chi connectivity index (χ1) is 8.82. The zero-order chi connectivity index (χ0) is 14.2.